The van der Waals surface area contributed by atoms with Gasteiger partial charge >= 0.3 is 11.9 Å². The maximum Gasteiger partial charge on any atom is 0.342 e. The lowest BCUT2D eigenvalue weighted by Gasteiger charge is -2.20. The van der Waals surface area contributed by atoms with Gasteiger partial charge < -0.3 is 27.8 Å². The molecule has 0 unspecified atom stereocenters. The van der Waals surface area contributed by atoms with E-state index in [4.69, 9.17) is 27.8 Å². The molecule has 12 heteroatoms. The van der Waals surface area contributed by atoms with Crippen LogP contribution in [0.4, 0.5) is 0 Å². The summed E-state index contributed by atoms with van der Waals surface area (Å²) in [5.41, 5.74) is 7.97. The number of pyridine rings is 2. The van der Waals surface area contributed by atoms with Gasteiger partial charge in [0.1, 0.15) is 34.2 Å². The zero-order valence-corrected chi connectivity index (χ0v) is 29.8. The van der Waals surface area contributed by atoms with Crippen LogP contribution in [0.15, 0.2) is 76.1 Å². The number of fused-ring (bicyclic) bond motifs is 2. The van der Waals surface area contributed by atoms with Gasteiger partial charge in [0.2, 0.25) is 0 Å². The van der Waals surface area contributed by atoms with Crippen LogP contribution in [0.2, 0.25) is 0 Å². The third kappa shape index (κ3) is 7.84. The number of rotatable bonds is 8. The maximum absolute atomic E-state index is 12.5. The van der Waals surface area contributed by atoms with Crippen LogP contribution in [-0.2, 0) is 18.9 Å². The molecule has 1 fully saturated rings. The van der Waals surface area contributed by atoms with E-state index in [1.165, 1.54) is 0 Å². The summed E-state index contributed by atoms with van der Waals surface area (Å²) in [7, 11) is 0. The third-order valence-electron chi connectivity index (χ3n) is 9.33. The van der Waals surface area contributed by atoms with Crippen molar-refractivity contribution in [2.24, 2.45) is 0 Å². The quantitative estimate of drug-likeness (QED) is 0.141. The van der Waals surface area contributed by atoms with Gasteiger partial charge in [-0.05, 0) is 100 Å². The topological polar surface area (TPSA) is 132 Å². The van der Waals surface area contributed by atoms with Gasteiger partial charge in [0.25, 0.3) is 0 Å². The Bertz CT molecular complexity index is 2250. The number of carbonyl (C=O) groups excluding carboxylic acids is 2. The SMILES string of the molecule is C.CCOC(=O)c1cc(-c2ccn3ncc(C)c3c2)oc1C1=CCOCC1.CCOC(=O)c1cc(-c2ccn3ncc(C)c3c2)oc1C1CCOCC1. The molecule has 0 aromatic carbocycles. The number of hydrogen-bond donors (Lipinski definition) is 0. The second kappa shape index (κ2) is 16.5. The monoisotopic (exact) mass is 722 g/mol. The summed E-state index contributed by atoms with van der Waals surface area (Å²) in [6.45, 7) is 10.8. The summed E-state index contributed by atoms with van der Waals surface area (Å²) in [5, 5.41) is 8.59. The number of aryl methyl sites for hydroxylation is 2. The van der Waals surface area contributed by atoms with Gasteiger partial charge in [0.05, 0.1) is 49.9 Å². The number of esters is 2. The standard InChI is InChI=1S/C20H22N2O4.C20H20N2O4.CH4/c2*1-3-25-20(23)16-11-18(26-19(16)14-5-8-24-9-6-14)15-4-7-22-17(10-15)13(2)12-21-22;/h4,7,10-12,14H,3,5-6,8-9H2,1-2H3;4-5,7,10-12H,3,6,8-9H2,1-2H3;1H4. The lowest BCUT2D eigenvalue weighted by Crippen LogP contribution is -2.16. The van der Waals surface area contributed by atoms with E-state index in [9.17, 15) is 9.59 Å². The molecule has 2 aliphatic rings. The molecular weight excluding hydrogens is 676 g/mol. The fourth-order valence-corrected chi connectivity index (χ4v) is 6.56. The first-order valence-electron chi connectivity index (χ1n) is 17.7. The van der Waals surface area contributed by atoms with Gasteiger partial charge in [-0.3, -0.25) is 0 Å². The molecule has 12 nitrogen and oxygen atoms in total. The van der Waals surface area contributed by atoms with Crippen molar-refractivity contribution in [3.05, 3.63) is 101 Å². The van der Waals surface area contributed by atoms with Crippen molar-refractivity contribution in [3.8, 4) is 22.6 Å². The van der Waals surface area contributed by atoms with E-state index in [-0.39, 0.29) is 25.3 Å². The molecule has 6 aromatic heterocycles. The Morgan fingerprint density at radius 2 is 1.34 bits per heavy atom. The van der Waals surface area contributed by atoms with Gasteiger partial charge in [-0.25, -0.2) is 18.6 Å². The Morgan fingerprint density at radius 1 is 0.774 bits per heavy atom. The highest BCUT2D eigenvalue weighted by Crippen LogP contribution is 2.37. The molecule has 6 aromatic rings. The first-order chi connectivity index (χ1) is 25.3. The number of ether oxygens (including phenoxy) is 4. The summed E-state index contributed by atoms with van der Waals surface area (Å²) in [6.07, 6.45) is 11.8. The van der Waals surface area contributed by atoms with E-state index in [0.717, 1.165) is 51.7 Å². The van der Waals surface area contributed by atoms with Crippen molar-refractivity contribution in [2.75, 3.05) is 39.6 Å². The predicted molar refractivity (Wildman–Crippen MR) is 200 cm³/mol. The maximum atomic E-state index is 12.5. The first-order valence-corrected chi connectivity index (χ1v) is 17.7. The van der Waals surface area contributed by atoms with Gasteiger partial charge in [0, 0.05) is 42.7 Å². The van der Waals surface area contributed by atoms with E-state index >= 15 is 0 Å². The molecule has 0 amide bonds. The van der Waals surface area contributed by atoms with Gasteiger partial charge in [-0.2, -0.15) is 10.2 Å². The molecule has 2 aliphatic heterocycles. The zero-order chi connectivity index (χ0) is 36.2. The molecule has 8 rings (SSSR count). The summed E-state index contributed by atoms with van der Waals surface area (Å²) in [5.74, 6) is 2.09. The van der Waals surface area contributed by atoms with Crippen molar-refractivity contribution in [1.82, 2.24) is 19.2 Å². The molecule has 0 saturated carbocycles. The Kier molecular flexibility index (Phi) is 11.6. The number of hydrogen-bond acceptors (Lipinski definition) is 10. The Labute approximate surface area is 308 Å². The fourth-order valence-electron chi connectivity index (χ4n) is 6.56. The zero-order valence-electron chi connectivity index (χ0n) is 29.8. The van der Waals surface area contributed by atoms with Crippen molar-refractivity contribution < 1.29 is 37.4 Å². The summed E-state index contributed by atoms with van der Waals surface area (Å²) < 4.78 is 37.2. The largest absolute Gasteiger partial charge is 0.462 e. The molecule has 0 radical (unpaired) electrons. The minimum Gasteiger partial charge on any atom is -0.462 e. The van der Waals surface area contributed by atoms with Gasteiger partial charge in [0.15, 0.2) is 0 Å². The van der Waals surface area contributed by atoms with Crippen molar-refractivity contribution in [1.29, 1.82) is 0 Å². The number of nitrogens with zero attached hydrogens (tertiary/aromatic N) is 4. The minimum absolute atomic E-state index is 0. The second-order valence-corrected chi connectivity index (χ2v) is 12.8. The second-order valence-electron chi connectivity index (χ2n) is 12.8. The summed E-state index contributed by atoms with van der Waals surface area (Å²) in [4.78, 5) is 24.9. The number of furan rings is 2. The van der Waals surface area contributed by atoms with Crippen molar-refractivity contribution >= 4 is 28.5 Å². The van der Waals surface area contributed by atoms with Gasteiger partial charge in [-0.15, -0.1) is 0 Å². The first kappa shape index (κ1) is 37.3. The number of aromatic nitrogens is 4. The highest BCUT2D eigenvalue weighted by atomic mass is 16.5. The molecule has 278 valence electrons. The molecule has 0 atom stereocenters. The third-order valence-corrected chi connectivity index (χ3v) is 9.33. The Hall–Kier alpha value is -5.46. The van der Waals surface area contributed by atoms with Crippen LogP contribution in [0, 0.1) is 13.8 Å². The average molecular weight is 723 g/mol. The molecular formula is C41H46N4O8. The van der Waals surface area contributed by atoms with E-state index < -0.39 is 0 Å². The van der Waals surface area contributed by atoms with Crippen LogP contribution in [0.3, 0.4) is 0 Å². The van der Waals surface area contributed by atoms with Crippen LogP contribution in [0.5, 0.6) is 0 Å². The molecule has 1 saturated heterocycles. The van der Waals surface area contributed by atoms with Crippen LogP contribution >= 0.6 is 0 Å². The van der Waals surface area contributed by atoms with E-state index in [1.807, 2.05) is 84.9 Å². The van der Waals surface area contributed by atoms with Crippen LogP contribution in [0.25, 0.3) is 39.3 Å². The van der Waals surface area contributed by atoms with Crippen molar-refractivity contribution in [3.63, 3.8) is 0 Å². The fraction of sp³-hybridized carbons (Fsp3) is 0.366. The average Bonchev–Trinajstić information content (AvgIpc) is 3.98. The lowest BCUT2D eigenvalue weighted by atomic mass is 9.95. The van der Waals surface area contributed by atoms with E-state index in [2.05, 4.69) is 10.2 Å². The van der Waals surface area contributed by atoms with E-state index in [0.29, 0.717) is 80.2 Å². The molecule has 53 heavy (non-hydrogen) atoms. The Balaban J connectivity index is 0.000000178. The predicted octanol–water partition coefficient (Wildman–Crippen LogP) is 8.49. The molecule has 8 heterocycles. The minimum atomic E-state index is -0.369. The molecule has 0 aliphatic carbocycles. The van der Waals surface area contributed by atoms with E-state index in [1.54, 1.807) is 19.1 Å². The molecule has 0 N–H and O–H groups in total. The molecule has 0 spiro atoms. The van der Waals surface area contributed by atoms with Crippen LogP contribution in [0.1, 0.15) is 89.8 Å². The smallest absolute Gasteiger partial charge is 0.342 e. The number of carbonyl (C=O) groups is 2. The molecule has 0 bridgehead atoms. The summed E-state index contributed by atoms with van der Waals surface area (Å²) in [6, 6.07) is 11.5. The van der Waals surface area contributed by atoms with Crippen molar-refractivity contribution in [2.45, 2.75) is 60.3 Å². The summed E-state index contributed by atoms with van der Waals surface area (Å²) >= 11 is 0. The van der Waals surface area contributed by atoms with Gasteiger partial charge in [-0.1, -0.05) is 13.5 Å². The normalized spacial score (nSPS) is 14.7. The lowest BCUT2D eigenvalue weighted by molar-refractivity contribution is 0.0509. The Morgan fingerprint density at radius 3 is 1.91 bits per heavy atom. The highest BCUT2D eigenvalue weighted by Gasteiger charge is 2.28. The highest BCUT2D eigenvalue weighted by molar-refractivity contribution is 5.96. The van der Waals surface area contributed by atoms with Crippen LogP contribution < -0.4 is 0 Å². The van der Waals surface area contributed by atoms with Crippen LogP contribution in [-0.4, -0.2) is 70.8 Å².